The molecular weight excluding hydrogens is 316 g/mol. The number of carboxylic acids is 2. The Bertz CT molecular complexity index is 469. The van der Waals surface area contributed by atoms with Gasteiger partial charge in [-0.15, -0.1) is 0 Å². The van der Waals surface area contributed by atoms with E-state index >= 15 is 0 Å². The maximum Gasteiger partial charge on any atom is 0.311 e. The van der Waals surface area contributed by atoms with Gasteiger partial charge in [-0.2, -0.15) is 0 Å². The van der Waals surface area contributed by atoms with Crippen LogP contribution in [0.2, 0.25) is 0 Å². The van der Waals surface area contributed by atoms with Gasteiger partial charge in [-0.1, -0.05) is 77.9 Å². The third-order valence-electron chi connectivity index (χ3n) is 5.90. The van der Waals surface area contributed by atoms with E-state index in [9.17, 15) is 19.8 Å². The van der Waals surface area contributed by atoms with Crippen molar-refractivity contribution in [1.29, 1.82) is 0 Å². The van der Waals surface area contributed by atoms with Gasteiger partial charge in [0.05, 0.1) is 10.8 Å². The molecule has 0 spiro atoms. The van der Waals surface area contributed by atoms with Crippen LogP contribution >= 0.6 is 0 Å². The van der Waals surface area contributed by atoms with Crippen LogP contribution < -0.4 is 0 Å². The molecule has 2 N–H and O–H groups in total. The summed E-state index contributed by atoms with van der Waals surface area (Å²) in [4.78, 5) is 24.3. The SMILES string of the molecule is CCCC1(C(=O)O)CC=CCC1(CCCCCCCC(C)C)C(=O)O. The van der Waals surface area contributed by atoms with E-state index in [0.717, 1.165) is 25.2 Å². The molecule has 0 aromatic rings. The molecule has 2 unspecified atom stereocenters. The fraction of sp³-hybridized carbons (Fsp3) is 0.810. The second-order valence-corrected chi connectivity index (χ2v) is 8.10. The molecule has 2 atom stereocenters. The molecule has 4 nitrogen and oxygen atoms in total. The first-order chi connectivity index (χ1) is 11.8. The van der Waals surface area contributed by atoms with Crippen molar-refractivity contribution in [3.63, 3.8) is 0 Å². The Balaban J connectivity index is 2.75. The second kappa shape index (κ2) is 9.98. The molecule has 25 heavy (non-hydrogen) atoms. The maximum atomic E-state index is 12.2. The fourth-order valence-electron chi connectivity index (χ4n) is 4.38. The topological polar surface area (TPSA) is 74.6 Å². The van der Waals surface area contributed by atoms with Crippen LogP contribution in [0.5, 0.6) is 0 Å². The summed E-state index contributed by atoms with van der Waals surface area (Å²) in [5.74, 6) is -1.15. The van der Waals surface area contributed by atoms with E-state index in [0.29, 0.717) is 32.1 Å². The van der Waals surface area contributed by atoms with Crippen molar-refractivity contribution < 1.29 is 19.8 Å². The van der Waals surface area contributed by atoms with Gasteiger partial charge in [0.2, 0.25) is 0 Å². The lowest BCUT2D eigenvalue weighted by Crippen LogP contribution is -2.53. The Morgan fingerprint density at radius 2 is 1.36 bits per heavy atom. The lowest BCUT2D eigenvalue weighted by molar-refractivity contribution is -0.177. The largest absolute Gasteiger partial charge is 0.481 e. The average Bonchev–Trinajstić information content (AvgIpc) is 2.54. The molecule has 0 aromatic heterocycles. The molecule has 0 bridgehead atoms. The molecule has 0 fully saturated rings. The Labute approximate surface area is 152 Å². The highest BCUT2D eigenvalue weighted by molar-refractivity contribution is 5.87. The molecule has 4 heteroatoms. The Morgan fingerprint density at radius 1 is 0.880 bits per heavy atom. The zero-order valence-electron chi connectivity index (χ0n) is 16.2. The van der Waals surface area contributed by atoms with Gasteiger partial charge in [0.1, 0.15) is 0 Å². The number of rotatable bonds is 12. The Morgan fingerprint density at radius 3 is 1.84 bits per heavy atom. The molecule has 1 aliphatic rings. The first kappa shape index (κ1) is 21.7. The molecule has 1 rings (SSSR count). The highest BCUT2D eigenvalue weighted by Crippen LogP contribution is 2.54. The van der Waals surface area contributed by atoms with Crippen molar-refractivity contribution in [1.82, 2.24) is 0 Å². The summed E-state index contributed by atoms with van der Waals surface area (Å²) in [7, 11) is 0. The second-order valence-electron chi connectivity index (χ2n) is 8.10. The smallest absolute Gasteiger partial charge is 0.311 e. The van der Waals surface area contributed by atoms with E-state index in [4.69, 9.17) is 0 Å². The molecule has 0 saturated heterocycles. The van der Waals surface area contributed by atoms with Gasteiger partial charge in [-0.25, -0.2) is 0 Å². The first-order valence-corrected chi connectivity index (χ1v) is 9.94. The summed E-state index contributed by atoms with van der Waals surface area (Å²) in [5.41, 5.74) is -2.33. The van der Waals surface area contributed by atoms with Crippen molar-refractivity contribution in [3.8, 4) is 0 Å². The quantitative estimate of drug-likeness (QED) is 0.351. The number of carboxylic acid groups (broad SMARTS) is 2. The summed E-state index contributed by atoms with van der Waals surface area (Å²) < 4.78 is 0. The van der Waals surface area contributed by atoms with E-state index in [2.05, 4.69) is 13.8 Å². The van der Waals surface area contributed by atoms with Gasteiger partial charge in [0, 0.05) is 0 Å². The van der Waals surface area contributed by atoms with E-state index in [1.165, 1.54) is 19.3 Å². The Hall–Kier alpha value is -1.32. The van der Waals surface area contributed by atoms with Crippen molar-refractivity contribution in [2.24, 2.45) is 16.7 Å². The van der Waals surface area contributed by atoms with Crippen molar-refractivity contribution in [3.05, 3.63) is 12.2 Å². The van der Waals surface area contributed by atoms with Gasteiger partial charge < -0.3 is 10.2 Å². The molecule has 0 aromatic carbocycles. The van der Waals surface area contributed by atoms with Gasteiger partial charge >= 0.3 is 11.9 Å². The minimum atomic E-state index is -1.17. The molecule has 0 amide bonds. The molecule has 0 radical (unpaired) electrons. The van der Waals surface area contributed by atoms with E-state index < -0.39 is 22.8 Å². The van der Waals surface area contributed by atoms with E-state index in [1.54, 1.807) is 0 Å². The molecule has 0 saturated carbocycles. The van der Waals surface area contributed by atoms with Crippen LogP contribution in [0, 0.1) is 16.7 Å². The number of carbonyl (C=O) groups is 2. The zero-order valence-corrected chi connectivity index (χ0v) is 16.2. The number of aliphatic carboxylic acids is 2. The summed E-state index contributed by atoms with van der Waals surface area (Å²) in [6.07, 6.45) is 12.5. The van der Waals surface area contributed by atoms with Crippen molar-refractivity contribution in [2.75, 3.05) is 0 Å². The minimum absolute atomic E-state index is 0.330. The van der Waals surface area contributed by atoms with Gasteiger partial charge in [0.15, 0.2) is 0 Å². The molecule has 0 heterocycles. The number of allylic oxidation sites excluding steroid dienone is 2. The van der Waals surface area contributed by atoms with Crippen LogP contribution in [0.15, 0.2) is 12.2 Å². The number of unbranched alkanes of at least 4 members (excludes halogenated alkanes) is 4. The number of hydrogen-bond donors (Lipinski definition) is 2. The summed E-state index contributed by atoms with van der Waals surface area (Å²) in [5, 5.41) is 19.9. The van der Waals surface area contributed by atoms with Crippen LogP contribution in [0.4, 0.5) is 0 Å². The van der Waals surface area contributed by atoms with Crippen molar-refractivity contribution >= 4 is 11.9 Å². The number of hydrogen-bond acceptors (Lipinski definition) is 2. The predicted molar refractivity (Wildman–Crippen MR) is 101 cm³/mol. The third-order valence-corrected chi connectivity index (χ3v) is 5.90. The maximum absolute atomic E-state index is 12.2. The van der Waals surface area contributed by atoms with Crippen LogP contribution in [-0.4, -0.2) is 22.2 Å². The fourth-order valence-corrected chi connectivity index (χ4v) is 4.38. The zero-order chi connectivity index (χ0) is 18.9. The normalized spacial score (nSPS) is 26.1. The predicted octanol–water partition coefficient (Wildman–Crippen LogP) is 5.67. The average molecular weight is 353 g/mol. The minimum Gasteiger partial charge on any atom is -0.481 e. The molecule has 0 aliphatic heterocycles. The molecule has 1 aliphatic carbocycles. The van der Waals surface area contributed by atoms with Crippen LogP contribution in [0.25, 0.3) is 0 Å². The van der Waals surface area contributed by atoms with Crippen LogP contribution in [-0.2, 0) is 9.59 Å². The monoisotopic (exact) mass is 352 g/mol. The lowest BCUT2D eigenvalue weighted by atomic mass is 9.54. The summed E-state index contributed by atoms with van der Waals surface area (Å²) in [6, 6.07) is 0. The van der Waals surface area contributed by atoms with E-state index in [-0.39, 0.29) is 0 Å². The van der Waals surface area contributed by atoms with E-state index in [1.807, 2.05) is 19.1 Å². The first-order valence-electron chi connectivity index (χ1n) is 9.94. The van der Waals surface area contributed by atoms with Crippen LogP contribution in [0.3, 0.4) is 0 Å². The van der Waals surface area contributed by atoms with Crippen LogP contribution in [0.1, 0.15) is 91.4 Å². The standard InChI is InChI=1S/C21H36O4/c1-4-13-20(18(22)23)15-10-11-16-21(20,19(24)25)14-9-7-5-6-8-12-17(2)3/h10-11,17H,4-9,12-16H2,1-3H3,(H,22,23)(H,24,25). The van der Waals surface area contributed by atoms with Crippen molar-refractivity contribution in [2.45, 2.75) is 91.4 Å². The van der Waals surface area contributed by atoms with Gasteiger partial charge in [-0.05, 0) is 31.6 Å². The lowest BCUT2D eigenvalue weighted by Gasteiger charge is -2.46. The highest BCUT2D eigenvalue weighted by atomic mass is 16.4. The van der Waals surface area contributed by atoms with Gasteiger partial charge in [0.25, 0.3) is 0 Å². The third kappa shape index (κ3) is 5.08. The molecular formula is C21H36O4. The highest BCUT2D eigenvalue weighted by Gasteiger charge is 2.60. The summed E-state index contributed by atoms with van der Waals surface area (Å²) in [6.45, 7) is 6.39. The molecule has 144 valence electrons. The summed E-state index contributed by atoms with van der Waals surface area (Å²) >= 11 is 0. The van der Waals surface area contributed by atoms with Gasteiger partial charge in [-0.3, -0.25) is 9.59 Å². The Kier molecular flexibility index (Phi) is 8.67.